The fourth-order valence-corrected chi connectivity index (χ4v) is 4.00. The number of fused-ring (bicyclic) bond motifs is 1. The molecule has 1 unspecified atom stereocenters. The molecule has 0 aromatic heterocycles. The largest absolute Gasteiger partial charge is 0.454 e. The van der Waals surface area contributed by atoms with Crippen molar-refractivity contribution in [3.05, 3.63) is 54.1 Å². The number of carbonyl (C=O) groups excluding carboxylic acids is 1. The molecule has 1 atom stereocenters. The average molecular weight is 390 g/mol. The van der Waals surface area contributed by atoms with Crippen molar-refractivity contribution >= 4 is 15.9 Å². The summed E-state index contributed by atoms with van der Waals surface area (Å²) >= 11 is 0. The number of benzene rings is 2. The second-order valence-electron chi connectivity index (χ2n) is 6.21. The van der Waals surface area contributed by atoms with Crippen LogP contribution in [0.2, 0.25) is 0 Å². The number of ether oxygens (including phenoxy) is 2. The second kappa shape index (κ2) is 7.98. The summed E-state index contributed by atoms with van der Waals surface area (Å²) in [6, 6.07) is 13.9. The normalized spacial score (nSPS) is 14.0. The molecule has 27 heavy (non-hydrogen) atoms. The van der Waals surface area contributed by atoms with Crippen molar-refractivity contribution in [3.8, 4) is 11.5 Å². The molecule has 144 valence electrons. The number of sulfonamides is 1. The molecule has 1 aliphatic rings. The van der Waals surface area contributed by atoms with E-state index in [0.717, 1.165) is 5.56 Å². The Morgan fingerprint density at radius 1 is 1.15 bits per heavy atom. The van der Waals surface area contributed by atoms with Gasteiger partial charge in [-0.25, -0.2) is 13.1 Å². The molecule has 0 bridgehead atoms. The Kier molecular flexibility index (Phi) is 5.67. The second-order valence-corrected chi connectivity index (χ2v) is 7.98. The summed E-state index contributed by atoms with van der Waals surface area (Å²) in [6.07, 6.45) is 0. The van der Waals surface area contributed by atoms with E-state index in [9.17, 15) is 13.2 Å². The first-order valence-electron chi connectivity index (χ1n) is 8.60. The third-order valence-corrected chi connectivity index (χ3v) is 5.91. The van der Waals surface area contributed by atoms with Gasteiger partial charge in [0.05, 0.1) is 10.9 Å². The minimum Gasteiger partial charge on any atom is -0.454 e. The first-order chi connectivity index (χ1) is 12.9. The van der Waals surface area contributed by atoms with Crippen LogP contribution < -0.4 is 14.2 Å². The lowest BCUT2D eigenvalue weighted by Gasteiger charge is -2.28. The summed E-state index contributed by atoms with van der Waals surface area (Å²) in [7, 11) is -3.72. The van der Waals surface area contributed by atoms with Gasteiger partial charge in [-0.2, -0.15) is 0 Å². The quantitative estimate of drug-likeness (QED) is 0.784. The molecule has 1 amide bonds. The van der Waals surface area contributed by atoms with Crippen LogP contribution >= 0.6 is 0 Å². The first-order valence-corrected chi connectivity index (χ1v) is 10.1. The Bertz CT molecular complexity index is 915. The maximum Gasteiger partial charge on any atom is 0.240 e. The summed E-state index contributed by atoms with van der Waals surface area (Å²) in [4.78, 5) is 13.8. The zero-order chi connectivity index (χ0) is 19.4. The molecular weight excluding hydrogens is 368 g/mol. The fourth-order valence-electron chi connectivity index (χ4n) is 2.96. The van der Waals surface area contributed by atoms with E-state index in [1.807, 2.05) is 37.3 Å². The van der Waals surface area contributed by atoms with Crippen LogP contribution in [0.5, 0.6) is 11.5 Å². The summed E-state index contributed by atoms with van der Waals surface area (Å²) in [5.74, 6) is 0.808. The molecule has 8 heteroatoms. The number of hydrogen-bond donors (Lipinski definition) is 1. The van der Waals surface area contributed by atoms with Crippen LogP contribution in [0.15, 0.2) is 53.4 Å². The SMILES string of the molecule is CC(=O)N(CCNS(=O)(=O)c1ccc2c(c1)OCO2)C(C)c1ccccc1. The highest BCUT2D eigenvalue weighted by atomic mass is 32.2. The predicted molar refractivity (Wildman–Crippen MR) is 100.0 cm³/mol. The van der Waals surface area contributed by atoms with Gasteiger partial charge in [0.15, 0.2) is 11.5 Å². The molecule has 1 aliphatic heterocycles. The highest BCUT2D eigenvalue weighted by Crippen LogP contribution is 2.33. The maximum atomic E-state index is 12.5. The molecule has 2 aromatic carbocycles. The molecular formula is C19H22N2O5S. The van der Waals surface area contributed by atoms with Crippen LogP contribution in [0.1, 0.15) is 25.5 Å². The first kappa shape index (κ1) is 19.2. The van der Waals surface area contributed by atoms with Crippen molar-refractivity contribution in [1.82, 2.24) is 9.62 Å². The van der Waals surface area contributed by atoms with Crippen LogP contribution in [0.4, 0.5) is 0 Å². The monoisotopic (exact) mass is 390 g/mol. The highest BCUT2D eigenvalue weighted by Gasteiger charge is 2.22. The Morgan fingerprint density at radius 2 is 1.85 bits per heavy atom. The van der Waals surface area contributed by atoms with E-state index in [4.69, 9.17) is 9.47 Å². The Hall–Kier alpha value is -2.58. The van der Waals surface area contributed by atoms with Gasteiger partial charge in [-0.3, -0.25) is 4.79 Å². The smallest absolute Gasteiger partial charge is 0.240 e. The third-order valence-electron chi connectivity index (χ3n) is 4.45. The molecule has 1 N–H and O–H groups in total. The van der Waals surface area contributed by atoms with Crippen molar-refractivity contribution in [1.29, 1.82) is 0 Å². The lowest BCUT2D eigenvalue weighted by atomic mass is 10.1. The van der Waals surface area contributed by atoms with E-state index < -0.39 is 10.0 Å². The summed E-state index contributed by atoms with van der Waals surface area (Å²) < 4.78 is 38.0. The van der Waals surface area contributed by atoms with Gasteiger partial charge in [0.1, 0.15) is 0 Å². The molecule has 1 heterocycles. The summed E-state index contributed by atoms with van der Waals surface area (Å²) in [6.45, 7) is 3.84. The zero-order valence-electron chi connectivity index (χ0n) is 15.2. The van der Waals surface area contributed by atoms with Crippen LogP contribution in [0.25, 0.3) is 0 Å². The average Bonchev–Trinajstić information content (AvgIpc) is 3.13. The maximum absolute atomic E-state index is 12.5. The van der Waals surface area contributed by atoms with E-state index in [0.29, 0.717) is 11.5 Å². The van der Waals surface area contributed by atoms with Gasteiger partial charge < -0.3 is 14.4 Å². The van der Waals surface area contributed by atoms with Crippen LogP contribution in [0.3, 0.4) is 0 Å². The number of rotatable bonds is 7. The minimum absolute atomic E-state index is 0.0806. The number of hydrogen-bond acceptors (Lipinski definition) is 5. The van der Waals surface area contributed by atoms with Gasteiger partial charge in [0.25, 0.3) is 0 Å². The van der Waals surface area contributed by atoms with Gasteiger partial charge in [-0.1, -0.05) is 30.3 Å². The summed E-state index contributed by atoms with van der Waals surface area (Å²) in [5.41, 5.74) is 0.992. The van der Waals surface area contributed by atoms with E-state index in [1.54, 1.807) is 11.0 Å². The van der Waals surface area contributed by atoms with Crippen LogP contribution in [0, 0.1) is 0 Å². The van der Waals surface area contributed by atoms with E-state index in [1.165, 1.54) is 19.1 Å². The highest BCUT2D eigenvalue weighted by molar-refractivity contribution is 7.89. The van der Waals surface area contributed by atoms with Crippen molar-refractivity contribution in [2.45, 2.75) is 24.8 Å². The molecule has 0 fully saturated rings. The molecule has 0 aliphatic carbocycles. The van der Waals surface area contributed by atoms with Crippen molar-refractivity contribution in [2.75, 3.05) is 19.9 Å². The molecule has 0 radical (unpaired) electrons. The van der Waals surface area contributed by atoms with Crippen molar-refractivity contribution < 1.29 is 22.7 Å². The number of amides is 1. The number of nitrogens with one attached hydrogen (secondary N) is 1. The predicted octanol–water partition coefficient (Wildman–Crippen LogP) is 2.30. The van der Waals surface area contributed by atoms with Gasteiger partial charge in [-0.15, -0.1) is 0 Å². The van der Waals surface area contributed by atoms with Crippen molar-refractivity contribution in [3.63, 3.8) is 0 Å². The van der Waals surface area contributed by atoms with Crippen LogP contribution in [-0.4, -0.2) is 39.1 Å². The van der Waals surface area contributed by atoms with E-state index in [-0.39, 0.29) is 36.7 Å². The number of nitrogens with zero attached hydrogens (tertiary/aromatic N) is 1. The number of carbonyl (C=O) groups is 1. The third kappa shape index (κ3) is 4.40. The molecule has 0 spiro atoms. The summed E-state index contributed by atoms with van der Waals surface area (Å²) in [5, 5.41) is 0. The van der Waals surface area contributed by atoms with Gasteiger partial charge in [0, 0.05) is 26.1 Å². The van der Waals surface area contributed by atoms with Gasteiger partial charge in [-0.05, 0) is 24.6 Å². The van der Waals surface area contributed by atoms with Gasteiger partial charge >= 0.3 is 0 Å². The topological polar surface area (TPSA) is 84.9 Å². The van der Waals surface area contributed by atoms with E-state index in [2.05, 4.69) is 4.72 Å². The van der Waals surface area contributed by atoms with Crippen molar-refractivity contribution in [2.24, 2.45) is 0 Å². The van der Waals surface area contributed by atoms with Crippen LogP contribution in [-0.2, 0) is 14.8 Å². The standard InChI is InChI=1S/C19H22N2O5S/c1-14(16-6-4-3-5-7-16)21(15(2)22)11-10-20-27(23,24)17-8-9-18-19(12-17)26-13-25-18/h3-9,12,14,20H,10-11,13H2,1-2H3. The Morgan fingerprint density at radius 3 is 2.56 bits per heavy atom. The minimum atomic E-state index is -3.72. The van der Waals surface area contributed by atoms with Gasteiger partial charge in [0.2, 0.25) is 22.7 Å². The molecule has 0 saturated carbocycles. The molecule has 2 aromatic rings. The molecule has 7 nitrogen and oxygen atoms in total. The lowest BCUT2D eigenvalue weighted by molar-refractivity contribution is -0.130. The Balaban J connectivity index is 1.65. The van der Waals surface area contributed by atoms with E-state index >= 15 is 0 Å². The molecule has 0 saturated heterocycles. The lowest BCUT2D eigenvalue weighted by Crippen LogP contribution is -2.39. The molecule has 3 rings (SSSR count). The Labute approximate surface area is 158 Å². The zero-order valence-corrected chi connectivity index (χ0v) is 16.0. The fraction of sp³-hybridized carbons (Fsp3) is 0.316.